The van der Waals surface area contributed by atoms with Crippen molar-refractivity contribution in [1.82, 2.24) is 29.5 Å². The lowest BCUT2D eigenvalue weighted by molar-refractivity contribution is 1.06. The highest BCUT2D eigenvalue weighted by atomic mass is 15.0. The molecule has 4 aromatic heterocycles. The van der Waals surface area contributed by atoms with Crippen LogP contribution in [0.3, 0.4) is 0 Å². The Morgan fingerprint density at radius 1 is 0.377 bits per heavy atom. The van der Waals surface area contributed by atoms with Gasteiger partial charge in [0.05, 0.1) is 29.1 Å². The smallest absolute Gasteiger partial charge is 0.0991 e. The van der Waals surface area contributed by atoms with Crippen molar-refractivity contribution in [3.63, 3.8) is 0 Å². The molecule has 0 aliphatic carbocycles. The largest absolute Gasteiger partial charge is 0.354 e. The van der Waals surface area contributed by atoms with Gasteiger partial charge >= 0.3 is 0 Å². The number of benzene rings is 4. The van der Waals surface area contributed by atoms with Crippen LogP contribution in [-0.2, 0) is 0 Å². The number of nitrogens with one attached hydrogen (secondary N) is 2. The molecule has 2 N–H and O–H groups in total. The van der Waals surface area contributed by atoms with E-state index in [1.54, 1.807) is 6.20 Å². The third-order valence-corrected chi connectivity index (χ3v) is 9.90. The molecule has 0 radical (unpaired) electrons. The van der Waals surface area contributed by atoms with Gasteiger partial charge in [-0.15, -0.1) is 0 Å². The van der Waals surface area contributed by atoms with E-state index in [-0.39, 0.29) is 0 Å². The highest BCUT2D eigenvalue weighted by Gasteiger charge is 2.19. The second-order valence-electron chi connectivity index (χ2n) is 13.1. The average molecular weight is 681 g/mol. The maximum atomic E-state index is 5.39. The van der Waals surface area contributed by atoms with E-state index in [2.05, 4.69) is 167 Å². The molecule has 8 aromatic rings. The predicted molar refractivity (Wildman–Crippen MR) is 218 cm³/mol. The number of H-pyrrole nitrogens is 2. The first-order valence-corrected chi connectivity index (χ1v) is 17.7. The summed E-state index contributed by atoms with van der Waals surface area (Å²) in [6.45, 7) is 0. The number of nitrogens with zero attached hydrogens (tertiary/aromatic N) is 4. The monoisotopic (exact) mass is 680 g/mol. The zero-order valence-corrected chi connectivity index (χ0v) is 28.6. The first-order valence-electron chi connectivity index (χ1n) is 17.7. The molecule has 0 saturated carbocycles. The minimum atomic E-state index is 0.854. The van der Waals surface area contributed by atoms with Gasteiger partial charge in [-0.1, -0.05) is 103 Å². The molecule has 6 nitrogen and oxygen atoms in total. The van der Waals surface area contributed by atoms with E-state index in [1.165, 1.54) is 0 Å². The van der Waals surface area contributed by atoms with E-state index >= 15 is 0 Å². The second kappa shape index (κ2) is 12.8. The Morgan fingerprint density at radius 2 is 0.774 bits per heavy atom. The Morgan fingerprint density at radius 3 is 1.21 bits per heavy atom. The zero-order valence-electron chi connectivity index (χ0n) is 28.6. The van der Waals surface area contributed by atoms with Crippen LogP contribution in [0, 0.1) is 0 Å². The van der Waals surface area contributed by atoms with E-state index in [0.717, 1.165) is 95.0 Å². The summed E-state index contributed by atoms with van der Waals surface area (Å²) in [5.41, 5.74) is 16.9. The summed E-state index contributed by atoms with van der Waals surface area (Å²) in [6, 6.07) is 48.7. The summed E-state index contributed by atoms with van der Waals surface area (Å²) in [5.74, 6) is 0. The molecule has 8 bridgehead atoms. The van der Waals surface area contributed by atoms with Gasteiger partial charge in [-0.2, -0.15) is 0 Å². The predicted octanol–water partition coefficient (Wildman–Crippen LogP) is 11.5. The number of fused-ring (bicyclic) bond motifs is 8. The van der Waals surface area contributed by atoms with Crippen LogP contribution in [0.5, 0.6) is 0 Å². The van der Waals surface area contributed by atoms with Crippen LogP contribution in [0.15, 0.2) is 158 Å². The van der Waals surface area contributed by atoms with Crippen LogP contribution in [0.25, 0.3) is 96.6 Å². The standard InChI is InChI=1S/C47H32N6/c1-4-10-31(11-5-1)44-36-20-22-38(49-36)45(32-12-6-2-7-13-32)40-24-26-42(51-40)47(34-16-18-35(19-17-34)53-29-28-48-30-53)43-27-25-41(52-43)46(33-14-8-3-9-15-33)39-23-21-37(44)50-39/h1-30,49-50H. The van der Waals surface area contributed by atoms with Crippen molar-refractivity contribution in [2.45, 2.75) is 0 Å². The van der Waals surface area contributed by atoms with Gasteiger partial charge in [0.15, 0.2) is 0 Å². The van der Waals surface area contributed by atoms with E-state index in [0.29, 0.717) is 0 Å². The van der Waals surface area contributed by atoms with Crippen LogP contribution >= 0.6 is 0 Å². The molecule has 10 rings (SSSR count). The van der Waals surface area contributed by atoms with Crippen molar-refractivity contribution in [3.05, 3.63) is 181 Å². The van der Waals surface area contributed by atoms with Crippen LogP contribution in [-0.4, -0.2) is 29.5 Å². The van der Waals surface area contributed by atoms with Gasteiger partial charge < -0.3 is 14.5 Å². The molecule has 2 aliphatic rings. The maximum Gasteiger partial charge on any atom is 0.0991 e. The van der Waals surface area contributed by atoms with Gasteiger partial charge in [-0.3, -0.25) is 0 Å². The summed E-state index contributed by atoms with van der Waals surface area (Å²) in [5, 5.41) is 0. The third-order valence-electron chi connectivity index (χ3n) is 9.90. The van der Waals surface area contributed by atoms with Gasteiger partial charge in [0, 0.05) is 62.4 Å². The first kappa shape index (κ1) is 30.5. The number of hydrogen-bond acceptors (Lipinski definition) is 3. The minimum Gasteiger partial charge on any atom is -0.354 e. The third kappa shape index (κ3) is 5.50. The van der Waals surface area contributed by atoms with Crippen LogP contribution in [0.1, 0.15) is 22.8 Å². The second-order valence-corrected chi connectivity index (χ2v) is 13.1. The molecular weight excluding hydrogens is 649 g/mol. The molecule has 0 unspecified atom stereocenters. The molecule has 0 amide bonds. The Hall–Kier alpha value is -7.31. The normalized spacial score (nSPS) is 12.0. The molecular formula is C47H32N6. The van der Waals surface area contributed by atoms with Crippen LogP contribution in [0.2, 0.25) is 0 Å². The van der Waals surface area contributed by atoms with E-state index < -0.39 is 0 Å². The van der Waals surface area contributed by atoms with Crippen LogP contribution < -0.4 is 0 Å². The summed E-state index contributed by atoms with van der Waals surface area (Å²) in [7, 11) is 0. The van der Waals surface area contributed by atoms with E-state index in [4.69, 9.17) is 9.97 Å². The lowest BCUT2D eigenvalue weighted by atomic mass is 10.0. The Kier molecular flexibility index (Phi) is 7.36. The fraction of sp³-hybridized carbons (Fsp3) is 0. The quantitative estimate of drug-likeness (QED) is 0.190. The molecule has 0 fully saturated rings. The zero-order chi connectivity index (χ0) is 35.1. The summed E-state index contributed by atoms with van der Waals surface area (Å²) in [4.78, 5) is 22.7. The molecule has 0 saturated heterocycles. The molecule has 4 aromatic carbocycles. The lowest BCUT2D eigenvalue weighted by Crippen LogP contribution is -1.93. The van der Waals surface area contributed by atoms with Gasteiger partial charge in [0.1, 0.15) is 0 Å². The number of hydrogen-bond donors (Lipinski definition) is 2. The van der Waals surface area contributed by atoms with Gasteiger partial charge in [0.25, 0.3) is 0 Å². The fourth-order valence-corrected chi connectivity index (χ4v) is 7.45. The van der Waals surface area contributed by atoms with Crippen molar-refractivity contribution in [1.29, 1.82) is 0 Å². The Balaban J connectivity index is 1.35. The van der Waals surface area contributed by atoms with Gasteiger partial charge in [0.2, 0.25) is 0 Å². The molecule has 6 heteroatoms. The summed E-state index contributed by atoms with van der Waals surface area (Å²) in [6.07, 6.45) is 14.0. The van der Waals surface area contributed by atoms with Crippen molar-refractivity contribution in [2.24, 2.45) is 0 Å². The van der Waals surface area contributed by atoms with E-state index in [9.17, 15) is 0 Å². The molecule has 0 spiro atoms. The number of aromatic amines is 2. The van der Waals surface area contributed by atoms with Crippen LogP contribution in [0.4, 0.5) is 0 Å². The highest BCUT2D eigenvalue weighted by Crippen LogP contribution is 2.38. The summed E-state index contributed by atoms with van der Waals surface area (Å²) < 4.78 is 2.00. The number of aromatic nitrogens is 6. The topological polar surface area (TPSA) is 75.2 Å². The van der Waals surface area contributed by atoms with Gasteiger partial charge in [-0.25, -0.2) is 15.0 Å². The molecule has 2 aliphatic heterocycles. The molecule has 250 valence electrons. The molecule has 0 atom stereocenters. The number of rotatable bonds is 5. The first-order chi connectivity index (χ1) is 26.3. The van der Waals surface area contributed by atoms with E-state index in [1.807, 2.05) is 29.2 Å². The average Bonchev–Trinajstić information content (AvgIpc) is 4.07. The van der Waals surface area contributed by atoms with Gasteiger partial charge in [-0.05, 0) is 83.0 Å². The lowest BCUT2D eigenvalue weighted by Gasteiger charge is -2.08. The molecule has 6 heterocycles. The van der Waals surface area contributed by atoms with Crippen molar-refractivity contribution < 1.29 is 0 Å². The SMILES string of the molecule is C1=Cc2nc1c(-c1ccc(-n3ccnc3)cc1)c1nc(c(-c3ccccc3)c3ccc([nH]3)c(-c3ccccc3)c3ccc([nH]3)c2-c2ccccc2)C=C1. The molecule has 53 heavy (non-hydrogen) atoms. The minimum absolute atomic E-state index is 0.854. The Bertz CT molecular complexity index is 2710. The van der Waals surface area contributed by atoms with Crippen molar-refractivity contribution >= 4 is 46.4 Å². The summed E-state index contributed by atoms with van der Waals surface area (Å²) >= 11 is 0. The highest BCUT2D eigenvalue weighted by molar-refractivity contribution is 6.00. The van der Waals surface area contributed by atoms with Crippen molar-refractivity contribution in [3.8, 4) is 50.2 Å². The number of imidazole rings is 1. The van der Waals surface area contributed by atoms with Crippen molar-refractivity contribution in [2.75, 3.05) is 0 Å². The Labute approximate surface area is 306 Å². The fourth-order valence-electron chi connectivity index (χ4n) is 7.45. The maximum absolute atomic E-state index is 5.39.